The summed E-state index contributed by atoms with van der Waals surface area (Å²) in [6.07, 6.45) is 0.857. The molecule has 3 rings (SSSR count). The Kier molecular flexibility index (Phi) is 6.30. The highest BCUT2D eigenvalue weighted by molar-refractivity contribution is 7.80. The van der Waals surface area contributed by atoms with Gasteiger partial charge in [-0.15, -0.1) is 12.6 Å². The molecular weight excluding hydrogens is 401 g/mol. The van der Waals surface area contributed by atoms with Crippen molar-refractivity contribution in [2.75, 3.05) is 0 Å². The number of thiol groups is 1. The number of rotatable bonds is 6. The topological polar surface area (TPSA) is 43.1 Å². The van der Waals surface area contributed by atoms with Crippen LogP contribution in [0, 0.1) is 0 Å². The third-order valence-electron chi connectivity index (χ3n) is 4.19. The maximum absolute atomic E-state index is 12.5. The second kappa shape index (κ2) is 8.51. The van der Waals surface area contributed by atoms with Crippen LogP contribution in [0.15, 0.2) is 51.8 Å². The number of carbonyl (C=O) groups excluding carboxylic acids is 1. The Labute approximate surface area is 174 Å². The SMILES string of the molecule is CC(C)c1oc(-c2ccc(Cl)cc2Cl)nc1CCC(=O)c1ccc(S)cc1. The van der Waals surface area contributed by atoms with Gasteiger partial charge in [0.2, 0.25) is 5.89 Å². The van der Waals surface area contributed by atoms with Crippen LogP contribution < -0.4 is 0 Å². The smallest absolute Gasteiger partial charge is 0.228 e. The van der Waals surface area contributed by atoms with Crippen LogP contribution in [-0.2, 0) is 6.42 Å². The highest BCUT2D eigenvalue weighted by Gasteiger charge is 2.20. The molecule has 0 saturated heterocycles. The van der Waals surface area contributed by atoms with Gasteiger partial charge in [-0.3, -0.25) is 4.79 Å². The van der Waals surface area contributed by atoms with E-state index in [-0.39, 0.29) is 11.7 Å². The molecule has 3 aromatic rings. The predicted molar refractivity (Wildman–Crippen MR) is 112 cm³/mol. The lowest BCUT2D eigenvalue weighted by molar-refractivity contribution is 0.0982. The zero-order valence-electron chi connectivity index (χ0n) is 15.0. The quantitative estimate of drug-likeness (QED) is 0.349. The van der Waals surface area contributed by atoms with E-state index in [9.17, 15) is 4.79 Å². The number of nitrogens with zero attached hydrogens (tertiary/aromatic N) is 1. The summed E-state index contributed by atoms with van der Waals surface area (Å²) in [7, 11) is 0. The van der Waals surface area contributed by atoms with Crippen LogP contribution in [0.2, 0.25) is 10.0 Å². The number of benzene rings is 2. The number of ketones is 1. The van der Waals surface area contributed by atoms with Gasteiger partial charge < -0.3 is 4.42 Å². The zero-order valence-corrected chi connectivity index (χ0v) is 17.4. The second-order valence-electron chi connectivity index (χ2n) is 6.58. The third kappa shape index (κ3) is 4.75. The van der Waals surface area contributed by atoms with E-state index in [1.54, 1.807) is 30.3 Å². The first-order valence-corrected chi connectivity index (χ1v) is 9.82. The predicted octanol–water partition coefficient (Wildman–Crippen LogP) is 6.88. The molecule has 3 nitrogen and oxygen atoms in total. The molecule has 6 heteroatoms. The number of halogens is 2. The normalized spacial score (nSPS) is 11.2. The maximum atomic E-state index is 12.5. The molecule has 0 unspecified atom stereocenters. The van der Waals surface area contributed by atoms with E-state index in [1.807, 2.05) is 26.0 Å². The Balaban J connectivity index is 1.83. The third-order valence-corrected chi connectivity index (χ3v) is 5.04. The van der Waals surface area contributed by atoms with Crippen LogP contribution in [0.4, 0.5) is 0 Å². The Morgan fingerprint density at radius 3 is 2.48 bits per heavy atom. The summed E-state index contributed by atoms with van der Waals surface area (Å²) >= 11 is 16.5. The van der Waals surface area contributed by atoms with E-state index in [1.165, 1.54) is 0 Å². The van der Waals surface area contributed by atoms with Crippen LogP contribution in [-0.4, -0.2) is 10.8 Å². The van der Waals surface area contributed by atoms with Gasteiger partial charge in [-0.2, -0.15) is 0 Å². The minimum absolute atomic E-state index is 0.0621. The Hall–Kier alpha value is -1.75. The van der Waals surface area contributed by atoms with Gasteiger partial charge in [-0.05, 0) is 30.3 Å². The van der Waals surface area contributed by atoms with Crippen molar-refractivity contribution in [3.63, 3.8) is 0 Å². The number of oxazole rings is 1. The minimum Gasteiger partial charge on any atom is -0.441 e. The molecule has 0 spiro atoms. The van der Waals surface area contributed by atoms with Gasteiger partial charge in [0.25, 0.3) is 0 Å². The second-order valence-corrected chi connectivity index (χ2v) is 7.94. The van der Waals surface area contributed by atoms with Crippen molar-refractivity contribution in [2.24, 2.45) is 0 Å². The Bertz CT molecular complexity index is 965. The molecule has 140 valence electrons. The summed E-state index contributed by atoms with van der Waals surface area (Å²) in [6.45, 7) is 4.06. The summed E-state index contributed by atoms with van der Waals surface area (Å²) in [5.74, 6) is 1.43. The Morgan fingerprint density at radius 2 is 1.85 bits per heavy atom. The van der Waals surface area contributed by atoms with E-state index in [0.29, 0.717) is 39.9 Å². The first kappa shape index (κ1) is 20.0. The van der Waals surface area contributed by atoms with E-state index in [0.717, 1.165) is 16.3 Å². The maximum Gasteiger partial charge on any atom is 0.228 e. The van der Waals surface area contributed by atoms with Crippen molar-refractivity contribution in [2.45, 2.75) is 37.5 Å². The number of hydrogen-bond acceptors (Lipinski definition) is 4. The highest BCUT2D eigenvalue weighted by atomic mass is 35.5. The molecule has 2 aromatic carbocycles. The standard InChI is InChI=1S/C21H19Cl2NO2S/c1-12(2)20-18(9-10-19(25)13-3-6-15(27)7-4-13)24-21(26-20)16-8-5-14(22)11-17(16)23/h3-8,11-12,27H,9-10H2,1-2H3. The molecule has 0 fully saturated rings. The summed E-state index contributed by atoms with van der Waals surface area (Å²) in [6, 6.07) is 12.4. The van der Waals surface area contributed by atoms with Crippen molar-refractivity contribution in [1.29, 1.82) is 0 Å². The van der Waals surface area contributed by atoms with Gasteiger partial charge in [0.05, 0.1) is 16.3 Å². The van der Waals surface area contributed by atoms with Crippen LogP contribution in [0.25, 0.3) is 11.5 Å². The first-order valence-electron chi connectivity index (χ1n) is 8.62. The lowest BCUT2D eigenvalue weighted by atomic mass is 10.0. The average molecular weight is 420 g/mol. The summed E-state index contributed by atoms with van der Waals surface area (Å²) in [5.41, 5.74) is 2.14. The number of Topliss-reactive ketones (excluding diaryl/α,β-unsaturated/α-hetero) is 1. The van der Waals surface area contributed by atoms with Crippen molar-refractivity contribution in [3.05, 3.63) is 69.5 Å². The highest BCUT2D eigenvalue weighted by Crippen LogP contribution is 2.33. The van der Waals surface area contributed by atoms with Gasteiger partial charge in [0.1, 0.15) is 5.76 Å². The number of aryl methyl sites for hydroxylation is 1. The van der Waals surface area contributed by atoms with Crippen LogP contribution in [0.3, 0.4) is 0 Å². The largest absolute Gasteiger partial charge is 0.441 e. The molecule has 0 atom stereocenters. The molecule has 0 aliphatic heterocycles. The van der Waals surface area contributed by atoms with Crippen LogP contribution in [0.5, 0.6) is 0 Å². The number of aromatic nitrogens is 1. The molecule has 0 bridgehead atoms. The lowest BCUT2D eigenvalue weighted by Crippen LogP contribution is -2.03. The van der Waals surface area contributed by atoms with Crippen molar-refractivity contribution in [1.82, 2.24) is 4.98 Å². The molecule has 0 saturated carbocycles. The van der Waals surface area contributed by atoms with E-state index in [2.05, 4.69) is 17.6 Å². The van der Waals surface area contributed by atoms with Gasteiger partial charge in [0.15, 0.2) is 5.78 Å². The average Bonchev–Trinajstić information content (AvgIpc) is 3.04. The fourth-order valence-corrected chi connectivity index (χ4v) is 3.43. The molecule has 0 aliphatic carbocycles. The van der Waals surface area contributed by atoms with Crippen molar-refractivity contribution < 1.29 is 9.21 Å². The molecule has 0 radical (unpaired) electrons. The van der Waals surface area contributed by atoms with Gasteiger partial charge >= 0.3 is 0 Å². The lowest BCUT2D eigenvalue weighted by Gasteiger charge is -2.04. The summed E-state index contributed by atoms with van der Waals surface area (Å²) in [4.78, 5) is 17.9. The van der Waals surface area contributed by atoms with Gasteiger partial charge in [-0.25, -0.2) is 4.98 Å². The van der Waals surface area contributed by atoms with Crippen LogP contribution in [0.1, 0.15) is 48.0 Å². The van der Waals surface area contributed by atoms with Gasteiger partial charge in [-0.1, -0.05) is 49.2 Å². The monoisotopic (exact) mass is 419 g/mol. The molecule has 1 heterocycles. The van der Waals surface area contributed by atoms with Crippen LogP contribution >= 0.6 is 35.8 Å². The van der Waals surface area contributed by atoms with Crippen molar-refractivity contribution >= 4 is 41.6 Å². The molecular formula is C21H19Cl2NO2S. The molecule has 1 aromatic heterocycles. The number of hydrogen-bond donors (Lipinski definition) is 1. The number of carbonyl (C=O) groups is 1. The molecule has 0 amide bonds. The fourth-order valence-electron chi connectivity index (χ4n) is 2.80. The fraction of sp³-hybridized carbons (Fsp3) is 0.238. The first-order chi connectivity index (χ1) is 12.8. The summed E-state index contributed by atoms with van der Waals surface area (Å²) in [5, 5.41) is 1.03. The van der Waals surface area contributed by atoms with E-state index < -0.39 is 0 Å². The summed E-state index contributed by atoms with van der Waals surface area (Å²) < 4.78 is 5.98. The van der Waals surface area contributed by atoms with E-state index in [4.69, 9.17) is 27.6 Å². The van der Waals surface area contributed by atoms with E-state index >= 15 is 0 Å². The molecule has 0 aliphatic rings. The molecule has 0 N–H and O–H groups in total. The minimum atomic E-state index is 0.0621. The molecule has 27 heavy (non-hydrogen) atoms. The van der Waals surface area contributed by atoms with Crippen molar-refractivity contribution in [3.8, 4) is 11.5 Å². The zero-order chi connectivity index (χ0) is 19.6. The van der Waals surface area contributed by atoms with Gasteiger partial charge in [0, 0.05) is 34.2 Å². The Morgan fingerprint density at radius 1 is 1.15 bits per heavy atom.